The van der Waals surface area contributed by atoms with Crippen LogP contribution in [0.3, 0.4) is 0 Å². The molecule has 0 bridgehead atoms. The Morgan fingerprint density at radius 2 is 2.00 bits per heavy atom. The van der Waals surface area contributed by atoms with Gasteiger partial charge in [-0.3, -0.25) is 14.9 Å². The molecule has 1 saturated heterocycles. The number of amides is 1. The molecule has 1 aromatic carbocycles. The average Bonchev–Trinajstić information content (AvgIpc) is 3.69. The summed E-state index contributed by atoms with van der Waals surface area (Å²) < 4.78 is 10.8. The highest BCUT2D eigenvalue weighted by Crippen LogP contribution is 2.37. The number of benzene rings is 1. The van der Waals surface area contributed by atoms with E-state index in [1.54, 1.807) is 0 Å². The maximum absolute atomic E-state index is 11.9. The van der Waals surface area contributed by atoms with Gasteiger partial charge in [0.1, 0.15) is 5.60 Å². The van der Waals surface area contributed by atoms with Gasteiger partial charge in [0, 0.05) is 43.7 Å². The monoisotopic (exact) mass is 520 g/mol. The number of fused-ring (bicyclic) bond motifs is 1. The highest BCUT2D eigenvalue weighted by molar-refractivity contribution is 6.10. The number of nitrogens with zero attached hydrogens (tertiary/aromatic N) is 4. The number of nitrogens with one attached hydrogen (secondary N) is 1. The Morgan fingerprint density at radius 1 is 1.24 bits per heavy atom. The highest BCUT2D eigenvalue weighted by Gasteiger charge is 2.30. The van der Waals surface area contributed by atoms with Crippen LogP contribution in [0.4, 0.5) is 4.79 Å². The molecule has 1 amide bonds. The minimum Gasteiger partial charge on any atom is -0.444 e. The van der Waals surface area contributed by atoms with Crippen LogP contribution >= 0.6 is 0 Å². The first-order valence-corrected chi connectivity index (χ1v) is 13.8. The fraction of sp³-hybridized carbons (Fsp3) is 0.586. The molecule has 2 saturated carbocycles. The first kappa shape index (κ1) is 26.6. The van der Waals surface area contributed by atoms with Gasteiger partial charge in [-0.05, 0) is 76.0 Å². The van der Waals surface area contributed by atoms with Crippen molar-refractivity contribution in [2.75, 3.05) is 32.8 Å². The highest BCUT2D eigenvalue weighted by atomic mass is 16.6. The van der Waals surface area contributed by atoms with E-state index in [1.165, 1.54) is 5.56 Å². The predicted octanol–water partition coefficient (Wildman–Crippen LogP) is 3.92. The molecule has 3 N–H and O–H groups in total. The summed E-state index contributed by atoms with van der Waals surface area (Å²) >= 11 is 0. The van der Waals surface area contributed by atoms with Gasteiger partial charge in [-0.1, -0.05) is 6.07 Å². The van der Waals surface area contributed by atoms with Crippen molar-refractivity contribution in [3.8, 4) is 0 Å². The van der Waals surface area contributed by atoms with Crippen LogP contribution in [-0.2, 0) is 16.0 Å². The normalized spacial score (nSPS) is 23.2. The molecule has 2 aliphatic carbocycles. The Morgan fingerprint density at radius 3 is 2.71 bits per heavy atom. The molecule has 9 nitrogen and oxygen atoms in total. The summed E-state index contributed by atoms with van der Waals surface area (Å²) in [5.41, 5.74) is 11.6. The molecule has 3 aliphatic rings. The van der Waals surface area contributed by atoms with Crippen LogP contribution in [0, 0.1) is 11.8 Å². The lowest BCUT2D eigenvalue weighted by molar-refractivity contribution is 0.0342. The zero-order valence-electron chi connectivity index (χ0n) is 22.8. The second kappa shape index (κ2) is 11.4. The van der Waals surface area contributed by atoms with Gasteiger partial charge in [-0.25, -0.2) is 9.78 Å². The first-order valence-electron chi connectivity index (χ1n) is 13.8. The lowest BCUT2D eigenvalue weighted by Gasteiger charge is -2.33. The van der Waals surface area contributed by atoms with Crippen LogP contribution < -0.4 is 11.1 Å². The van der Waals surface area contributed by atoms with E-state index in [0.29, 0.717) is 18.4 Å². The summed E-state index contributed by atoms with van der Waals surface area (Å²) in [6.45, 7) is 10.5. The number of carbonyl (C=O) groups excluding carboxylic acids is 1. The number of nitrogens with two attached hydrogens (primary N) is 1. The van der Waals surface area contributed by atoms with Crippen LogP contribution in [0.15, 0.2) is 35.1 Å². The van der Waals surface area contributed by atoms with Crippen molar-refractivity contribution in [2.45, 2.75) is 64.6 Å². The summed E-state index contributed by atoms with van der Waals surface area (Å²) in [5.74, 6) is 0.803. The molecule has 9 heteroatoms. The molecule has 38 heavy (non-hydrogen) atoms. The van der Waals surface area contributed by atoms with Crippen molar-refractivity contribution in [1.29, 1.82) is 0 Å². The van der Waals surface area contributed by atoms with Crippen molar-refractivity contribution >= 4 is 28.9 Å². The van der Waals surface area contributed by atoms with Gasteiger partial charge >= 0.3 is 6.09 Å². The van der Waals surface area contributed by atoms with Gasteiger partial charge < -0.3 is 20.5 Å². The van der Waals surface area contributed by atoms with Gasteiger partial charge in [0.2, 0.25) is 0 Å². The van der Waals surface area contributed by atoms with E-state index >= 15 is 0 Å². The fourth-order valence-electron chi connectivity index (χ4n) is 4.92. The molecule has 0 radical (unpaired) electrons. The van der Waals surface area contributed by atoms with E-state index in [2.05, 4.69) is 22.3 Å². The van der Waals surface area contributed by atoms with Gasteiger partial charge in [0.25, 0.3) is 0 Å². The number of hydrogen-bond donors (Lipinski definition) is 2. The van der Waals surface area contributed by atoms with E-state index in [1.807, 2.05) is 39.2 Å². The number of aliphatic imine (C=N–C) groups is 1. The van der Waals surface area contributed by atoms with Gasteiger partial charge in [0.05, 0.1) is 42.2 Å². The zero-order valence-corrected chi connectivity index (χ0v) is 22.8. The predicted molar refractivity (Wildman–Crippen MR) is 149 cm³/mol. The summed E-state index contributed by atoms with van der Waals surface area (Å²) in [7, 11) is 0. The number of allylic oxidation sites excluding steroid dienone is 2. The molecule has 204 valence electrons. The van der Waals surface area contributed by atoms with Crippen molar-refractivity contribution in [3.05, 3.63) is 41.4 Å². The second-order valence-corrected chi connectivity index (χ2v) is 11.8. The maximum Gasteiger partial charge on any atom is 0.407 e. The molecule has 0 unspecified atom stereocenters. The van der Waals surface area contributed by atoms with Gasteiger partial charge in [-0.15, -0.1) is 0 Å². The topological polar surface area (TPSA) is 115 Å². The third-order valence-corrected chi connectivity index (χ3v) is 7.28. The Kier molecular flexibility index (Phi) is 7.95. The molecule has 0 atom stereocenters. The largest absolute Gasteiger partial charge is 0.444 e. The van der Waals surface area contributed by atoms with Crippen molar-refractivity contribution in [1.82, 2.24) is 20.2 Å². The molecular weight excluding hydrogens is 480 g/mol. The molecule has 0 spiro atoms. The van der Waals surface area contributed by atoms with Crippen LogP contribution in [0.1, 0.15) is 57.7 Å². The van der Waals surface area contributed by atoms with Gasteiger partial charge in [0.15, 0.2) is 0 Å². The molecule has 2 aromatic rings. The van der Waals surface area contributed by atoms with E-state index in [0.717, 1.165) is 86.5 Å². The maximum atomic E-state index is 11.9. The average molecular weight is 521 g/mol. The molecular formula is C29H40N6O3. The molecule has 2 heterocycles. The number of aromatic nitrogens is 2. The fourth-order valence-corrected chi connectivity index (χ4v) is 4.92. The third-order valence-electron chi connectivity index (χ3n) is 7.28. The molecule has 1 aromatic heterocycles. The molecule has 3 fully saturated rings. The summed E-state index contributed by atoms with van der Waals surface area (Å²) in [6.07, 6.45) is 7.42. The van der Waals surface area contributed by atoms with E-state index in [9.17, 15) is 4.79 Å². The van der Waals surface area contributed by atoms with Crippen LogP contribution in [0.25, 0.3) is 16.6 Å². The Bertz CT molecular complexity index is 1200. The third kappa shape index (κ3) is 7.08. The smallest absolute Gasteiger partial charge is 0.407 e. The minimum atomic E-state index is -0.489. The number of hydrogen-bond acceptors (Lipinski definition) is 8. The number of rotatable bonds is 8. The summed E-state index contributed by atoms with van der Waals surface area (Å²) in [6, 6.07) is 6.53. The molecule has 5 rings (SSSR count). The minimum absolute atomic E-state index is 0.219. The quantitative estimate of drug-likeness (QED) is 0.507. The van der Waals surface area contributed by atoms with E-state index in [4.69, 9.17) is 30.2 Å². The number of carbonyl (C=O) groups is 1. The number of ether oxygens (including phenoxy) is 2. The summed E-state index contributed by atoms with van der Waals surface area (Å²) in [4.78, 5) is 28.8. The summed E-state index contributed by atoms with van der Waals surface area (Å²) in [5, 5.41) is 2.87. The van der Waals surface area contributed by atoms with Crippen LogP contribution in [-0.4, -0.2) is 71.7 Å². The first-order chi connectivity index (χ1) is 18.2. The van der Waals surface area contributed by atoms with Crippen molar-refractivity contribution < 1.29 is 14.3 Å². The zero-order chi connectivity index (χ0) is 26.7. The standard InChI is InChI=1S/C29H40N6O3/c1-29(2,3)38-28(36)33-15-20-12-22(13-20)31-16-23(27(30)21-5-6-21)26-17-32-24-7-4-19(14-25(24)34-26)18-35-8-10-37-11-9-35/h4,7,14,16-17,20-22H,5-6,8-13,15,18,30H2,1-3H3,(H,33,36). The SMILES string of the molecule is CC(C)(C)OC(=O)NCC1CC(N=CC(=C(N)C2CC2)c2cnc3ccc(CN4CCOCC4)cc3n2)C1. The Balaban J connectivity index is 1.24. The van der Waals surface area contributed by atoms with Crippen molar-refractivity contribution in [2.24, 2.45) is 22.6 Å². The Hall–Kier alpha value is -3.04. The van der Waals surface area contributed by atoms with Crippen molar-refractivity contribution in [3.63, 3.8) is 0 Å². The number of alkyl carbamates (subject to hydrolysis) is 1. The van der Waals surface area contributed by atoms with Crippen LogP contribution in [0.5, 0.6) is 0 Å². The Labute approximate surface area is 224 Å². The second-order valence-electron chi connectivity index (χ2n) is 11.8. The number of morpholine rings is 1. The molecule has 1 aliphatic heterocycles. The van der Waals surface area contributed by atoms with E-state index < -0.39 is 5.60 Å². The lowest BCUT2D eigenvalue weighted by Crippen LogP contribution is -2.40. The van der Waals surface area contributed by atoms with E-state index in [-0.39, 0.29) is 12.1 Å². The van der Waals surface area contributed by atoms with Gasteiger partial charge in [-0.2, -0.15) is 0 Å². The lowest BCUT2D eigenvalue weighted by atomic mass is 9.80. The van der Waals surface area contributed by atoms with Crippen LogP contribution in [0.2, 0.25) is 0 Å².